The Labute approximate surface area is 155 Å². The van der Waals surface area contributed by atoms with Crippen LogP contribution in [0.2, 0.25) is 0 Å². The number of anilines is 1. The number of hydrogen-bond donors (Lipinski definition) is 0. The van der Waals surface area contributed by atoms with E-state index in [-0.39, 0.29) is 11.7 Å². The monoisotopic (exact) mass is 421 g/mol. The number of methoxy groups -OCH3 is 1. The Morgan fingerprint density at radius 2 is 1.92 bits per heavy atom. The number of halogens is 1. The molecule has 0 spiro atoms. The van der Waals surface area contributed by atoms with E-state index >= 15 is 0 Å². The van der Waals surface area contributed by atoms with Crippen molar-refractivity contribution in [3.8, 4) is 5.75 Å². The first kappa shape index (κ1) is 17.7. The van der Waals surface area contributed by atoms with Crippen LogP contribution < -0.4 is 9.64 Å². The molecule has 0 N–H and O–H groups in total. The second kappa shape index (κ2) is 7.01. The van der Waals surface area contributed by atoms with Gasteiger partial charge in [-0.15, -0.1) is 0 Å². The normalized spacial score (nSPS) is 18.1. The molecule has 3 rings (SSSR count). The number of nitrogens with zero attached hydrogens (tertiary/aromatic N) is 1. The molecule has 0 bridgehead atoms. The quantitative estimate of drug-likeness (QED) is 0.758. The van der Waals surface area contributed by atoms with Crippen molar-refractivity contribution in [1.29, 1.82) is 0 Å². The van der Waals surface area contributed by atoms with Crippen LogP contribution in [0.4, 0.5) is 5.69 Å². The van der Waals surface area contributed by atoms with Gasteiger partial charge in [0.2, 0.25) is 0 Å². The van der Waals surface area contributed by atoms with Crippen LogP contribution in [0, 0.1) is 0 Å². The summed E-state index contributed by atoms with van der Waals surface area (Å²) >= 11 is 3.36. The number of rotatable bonds is 4. The van der Waals surface area contributed by atoms with E-state index in [1.54, 1.807) is 55.7 Å². The van der Waals surface area contributed by atoms with Crippen LogP contribution in [0.1, 0.15) is 10.4 Å². The first-order valence-electron chi connectivity index (χ1n) is 7.54. The fraction of sp³-hybridized carbons (Fsp3) is 0.167. The minimum absolute atomic E-state index is 0.126. The lowest BCUT2D eigenvalue weighted by molar-refractivity contribution is 0.0983. The molecule has 0 aromatic heterocycles. The van der Waals surface area contributed by atoms with E-state index in [4.69, 9.17) is 4.74 Å². The molecule has 2 aromatic carbocycles. The lowest BCUT2D eigenvalue weighted by Gasteiger charge is -2.28. The number of sulfone groups is 1. The molecule has 1 aliphatic heterocycles. The van der Waals surface area contributed by atoms with E-state index in [9.17, 15) is 13.2 Å². The standard InChI is InChI=1S/C18H16BrNO4S/c1-24-17-7-5-15(6-8-17)20(16-9-10-25(22,23)12-16)18(21)13-3-2-4-14(19)11-13/h2-11,16H,12H2,1H3. The molecule has 7 heteroatoms. The summed E-state index contributed by atoms with van der Waals surface area (Å²) in [5, 5.41) is 1.17. The van der Waals surface area contributed by atoms with E-state index in [2.05, 4.69) is 15.9 Å². The van der Waals surface area contributed by atoms with Crippen molar-refractivity contribution in [3.05, 3.63) is 70.1 Å². The van der Waals surface area contributed by atoms with Gasteiger partial charge >= 0.3 is 0 Å². The van der Waals surface area contributed by atoms with Crippen molar-refractivity contribution in [2.45, 2.75) is 6.04 Å². The van der Waals surface area contributed by atoms with Gasteiger partial charge in [-0.05, 0) is 48.5 Å². The average Bonchev–Trinajstić information content (AvgIpc) is 2.95. The van der Waals surface area contributed by atoms with Crippen LogP contribution in [0.3, 0.4) is 0 Å². The Kier molecular flexibility index (Phi) is 4.96. The smallest absolute Gasteiger partial charge is 0.258 e. The molecule has 130 valence electrons. The highest BCUT2D eigenvalue weighted by Gasteiger charge is 2.32. The number of benzene rings is 2. The van der Waals surface area contributed by atoms with Gasteiger partial charge in [-0.3, -0.25) is 4.79 Å². The molecule has 0 fully saturated rings. The number of ether oxygens (including phenoxy) is 1. The minimum Gasteiger partial charge on any atom is -0.497 e. The second-order valence-electron chi connectivity index (χ2n) is 5.61. The van der Waals surface area contributed by atoms with Crippen molar-refractivity contribution in [2.24, 2.45) is 0 Å². The molecule has 1 heterocycles. The van der Waals surface area contributed by atoms with E-state index in [0.29, 0.717) is 17.0 Å². The maximum Gasteiger partial charge on any atom is 0.258 e. The first-order chi connectivity index (χ1) is 11.9. The van der Waals surface area contributed by atoms with Crippen LogP contribution in [-0.4, -0.2) is 33.2 Å². The van der Waals surface area contributed by atoms with Gasteiger partial charge in [-0.25, -0.2) is 8.42 Å². The van der Waals surface area contributed by atoms with Crippen molar-refractivity contribution < 1.29 is 17.9 Å². The number of carbonyl (C=O) groups excluding carboxylic acids is 1. The molecular weight excluding hydrogens is 406 g/mol. The summed E-state index contributed by atoms with van der Waals surface area (Å²) in [5.41, 5.74) is 1.08. The average molecular weight is 422 g/mol. The van der Waals surface area contributed by atoms with Crippen molar-refractivity contribution in [2.75, 3.05) is 17.8 Å². The zero-order valence-electron chi connectivity index (χ0n) is 13.4. The molecule has 0 radical (unpaired) electrons. The number of hydrogen-bond acceptors (Lipinski definition) is 4. The maximum absolute atomic E-state index is 13.1. The van der Waals surface area contributed by atoms with Crippen molar-refractivity contribution >= 4 is 37.4 Å². The van der Waals surface area contributed by atoms with Crippen LogP contribution >= 0.6 is 15.9 Å². The maximum atomic E-state index is 13.1. The zero-order valence-corrected chi connectivity index (χ0v) is 15.8. The third-order valence-electron chi connectivity index (χ3n) is 3.88. The molecule has 2 aromatic rings. The predicted molar refractivity (Wildman–Crippen MR) is 101 cm³/mol. The topological polar surface area (TPSA) is 63.7 Å². The molecule has 5 nitrogen and oxygen atoms in total. The minimum atomic E-state index is -3.29. The summed E-state index contributed by atoms with van der Waals surface area (Å²) in [4.78, 5) is 14.6. The van der Waals surface area contributed by atoms with Gasteiger partial charge in [0, 0.05) is 21.1 Å². The predicted octanol–water partition coefficient (Wildman–Crippen LogP) is 3.42. The fourth-order valence-electron chi connectivity index (χ4n) is 2.68. The highest BCUT2D eigenvalue weighted by atomic mass is 79.9. The van der Waals surface area contributed by atoms with Gasteiger partial charge in [0.15, 0.2) is 9.84 Å². The van der Waals surface area contributed by atoms with Crippen LogP contribution in [-0.2, 0) is 9.84 Å². The Bertz CT molecular complexity index is 922. The van der Waals surface area contributed by atoms with Gasteiger partial charge in [0.25, 0.3) is 5.91 Å². The molecule has 0 saturated carbocycles. The molecule has 25 heavy (non-hydrogen) atoms. The molecule has 0 saturated heterocycles. The molecule has 1 aliphatic rings. The SMILES string of the molecule is COc1ccc(N(C(=O)c2cccc(Br)c2)C2C=CS(=O)(=O)C2)cc1. The number of carbonyl (C=O) groups is 1. The summed E-state index contributed by atoms with van der Waals surface area (Å²) in [5.74, 6) is 0.269. The van der Waals surface area contributed by atoms with Gasteiger partial charge < -0.3 is 9.64 Å². The van der Waals surface area contributed by atoms with Gasteiger partial charge in [-0.1, -0.05) is 22.0 Å². The lowest BCUT2D eigenvalue weighted by atomic mass is 10.1. The van der Waals surface area contributed by atoms with E-state index in [0.717, 1.165) is 4.47 Å². The summed E-state index contributed by atoms with van der Waals surface area (Å²) in [6, 6.07) is 13.4. The number of amides is 1. The summed E-state index contributed by atoms with van der Waals surface area (Å²) in [6.07, 6.45) is 1.55. The Balaban J connectivity index is 2.02. The summed E-state index contributed by atoms with van der Waals surface area (Å²) < 4.78 is 29.6. The molecule has 0 aliphatic carbocycles. The van der Waals surface area contributed by atoms with Crippen molar-refractivity contribution in [3.63, 3.8) is 0 Å². The molecule has 1 atom stereocenters. The van der Waals surface area contributed by atoms with Crippen LogP contribution in [0.25, 0.3) is 0 Å². The second-order valence-corrected chi connectivity index (χ2v) is 8.46. The van der Waals surface area contributed by atoms with Crippen molar-refractivity contribution in [1.82, 2.24) is 0 Å². The fourth-order valence-corrected chi connectivity index (χ4v) is 4.35. The van der Waals surface area contributed by atoms with Crippen LogP contribution in [0.15, 0.2) is 64.5 Å². The Morgan fingerprint density at radius 3 is 2.48 bits per heavy atom. The van der Waals surface area contributed by atoms with E-state index in [1.807, 2.05) is 6.07 Å². The van der Waals surface area contributed by atoms with Gasteiger partial charge in [0.05, 0.1) is 18.9 Å². The lowest BCUT2D eigenvalue weighted by Crippen LogP contribution is -2.41. The first-order valence-corrected chi connectivity index (χ1v) is 10.0. The Hall–Kier alpha value is -2.12. The molecule has 1 unspecified atom stereocenters. The van der Waals surface area contributed by atoms with Gasteiger partial charge in [0.1, 0.15) is 5.75 Å². The highest BCUT2D eigenvalue weighted by Crippen LogP contribution is 2.27. The third kappa shape index (κ3) is 3.93. The van der Waals surface area contributed by atoms with E-state index in [1.165, 1.54) is 10.3 Å². The van der Waals surface area contributed by atoms with Gasteiger partial charge in [-0.2, -0.15) is 0 Å². The molecule has 1 amide bonds. The largest absolute Gasteiger partial charge is 0.497 e. The summed E-state index contributed by atoms with van der Waals surface area (Å²) in [7, 11) is -1.73. The van der Waals surface area contributed by atoms with E-state index < -0.39 is 15.9 Å². The third-order valence-corrected chi connectivity index (χ3v) is 5.75. The zero-order chi connectivity index (χ0) is 18.0. The summed E-state index contributed by atoms with van der Waals surface area (Å²) in [6.45, 7) is 0. The van der Waals surface area contributed by atoms with Crippen LogP contribution in [0.5, 0.6) is 5.75 Å². The molecular formula is C18H16BrNO4S. The highest BCUT2D eigenvalue weighted by molar-refractivity contribution is 9.10. The Morgan fingerprint density at radius 1 is 1.20 bits per heavy atom.